The van der Waals surface area contributed by atoms with Crippen molar-refractivity contribution in [2.75, 3.05) is 0 Å². The summed E-state index contributed by atoms with van der Waals surface area (Å²) < 4.78 is 4.90. The molecule has 88 valence electrons. The standard InChI is InChI=1S/C11H20O4/c1-2-3-4-6-10(15-9-12)7-5-8-11(13)14/h9-10H,2-8H2,1H3,(H,13,14). The summed E-state index contributed by atoms with van der Waals surface area (Å²) in [6.45, 7) is 2.57. The van der Waals surface area contributed by atoms with E-state index in [1.807, 2.05) is 0 Å². The van der Waals surface area contributed by atoms with E-state index < -0.39 is 5.97 Å². The first-order valence-corrected chi connectivity index (χ1v) is 5.51. The summed E-state index contributed by atoms with van der Waals surface area (Å²) in [5.74, 6) is -0.798. The SMILES string of the molecule is CCCCCC(CCCC(=O)O)OC=O. The van der Waals surface area contributed by atoms with Gasteiger partial charge in [-0.15, -0.1) is 0 Å². The van der Waals surface area contributed by atoms with Crippen LogP contribution in [-0.4, -0.2) is 23.7 Å². The van der Waals surface area contributed by atoms with Gasteiger partial charge in [-0.1, -0.05) is 19.8 Å². The lowest BCUT2D eigenvalue weighted by Gasteiger charge is -2.13. The third-order valence-electron chi connectivity index (χ3n) is 2.29. The average molecular weight is 216 g/mol. The Morgan fingerprint density at radius 2 is 2.00 bits per heavy atom. The first kappa shape index (κ1) is 13.9. The molecule has 0 saturated heterocycles. The topological polar surface area (TPSA) is 63.6 Å². The van der Waals surface area contributed by atoms with Crippen LogP contribution in [0.15, 0.2) is 0 Å². The smallest absolute Gasteiger partial charge is 0.303 e. The molecule has 1 N–H and O–H groups in total. The number of unbranched alkanes of at least 4 members (excludes halogenated alkanes) is 2. The van der Waals surface area contributed by atoms with E-state index in [1.165, 1.54) is 0 Å². The Hall–Kier alpha value is -1.06. The largest absolute Gasteiger partial charge is 0.481 e. The van der Waals surface area contributed by atoms with E-state index in [9.17, 15) is 9.59 Å². The third kappa shape index (κ3) is 9.25. The molecular formula is C11H20O4. The average Bonchev–Trinajstić information content (AvgIpc) is 2.17. The second-order valence-corrected chi connectivity index (χ2v) is 3.64. The maximum atomic E-state index is 10.3. The second-order valence-electron chi connectivity index (χ2n) is 3.64. The highest BCUT2D eigenvalue weighted by Crippen LogP contribution is 2.12. The molecule has 0 aliphatic heterocycles. The van der Waals surface area contributed by atoms with E-state index in [-0.39, 0.29) is 12.5 Å². The summed E-state index contributed by atoms with van der Waals surface area (Å²) in [6, 6.07) is 0. The lowest BCUT2D eigenvalue weighted by Crippen LogP contribution is -2.12. The minimum Gasteiger partial charge on any atom is -0.481 e. The van der Waals surface area contributed by atoms with Gasteiger partial charge in [-0.2, -0.15) is 0 Å². The Morgan fingerprint density at radius 3 is 2.53 bits per heavy atom. The highest BCUT2D eigenvalue weighted by Gasteiger charge is 2.09. The Labute approximate surface area is 90.6 Å². The number of ether oxygens (including phenoxy) is 1. The van der Waals surface area contributed by atoms with Crippen molar-refractivity contribution in [3.8, 4) is 0 Å². The number of rotatable bonds is 10. The van der Waals surface area contributed by atoms with Gasteiger partial charge in [0.25, 0.3) is 6.47 Å². The number of aliphatic carboxylic acids is 1. The number of hydrogen-bond donors (Lipinski definition) is 1. The first-order valence-electron chi connectivity index (χ1n) is 5.51. The van der Waals surface area contributed by atoms with Crippen LogP contribution in [0.1, 0.15) is 51.9 Å². The lowest BCUT2D eigenvalue weighted by molar-refractivity contribution is -0.137. The van der Waals surface area contributed by atoms with Crippen molar-refractivity contribution >= 4 is 12.4 Å². The van der Waals surface area contributed by atoms with Crippen LogP contribution in [0.4, 0.5) is 0 Å². The molecule has 0 fully saturated rings. The van der Waals surface area contributed by atoms with Gasteiger partial charge in [0.1, 0.15) is 6.10 Å². The third-order valence-corrected chi connectivity index (χ3v) is 2.29. The van der Waals surface area contributed by atoms with Crippen molar-refractivity contribution in [1.82, 2.24) is 0 Å². The van der Waals surface area contributed by atoms with Gasteiger partial charge in [0, 0.05) is 6.42 Å². The van der Waals surface area contributed by atoms with Crippen LogP contribution in [0.2, 0.25) is 0 Å². The molecule has 0 aromatic rings. The molecule has 4 nitrogen and oxygen atoms in total. The zero-order valence-corrected chi connectivity index (χ0v) is 9.28. The molecule has 15 heavy (non-hydrogen) atoms. The Morgan fingerprint density at radius 1 is 1.33 bits per heavy atom. The van der Waals surface area contributed by atoms with Gasteiger partial charge in [0.2, 0.25) is 0 Å². The van der Waals surface area contributed by atoms with Crippen molar-refractivity contribution in [2.24, 2.45) is 0 Å². The fourth-order valence-corrected chi connectivity index (χ4v) is 1.46. The Balaban J connectivity index is 3.62. The molecule has 0 saturated carbocycles. The van der Waals surface area contributed by atoms with Crippen molar-refractivity contribution < 1.29 is 19.4 Å². The zero-order chi connectivity index (χ0) is 11.5. The van der Waals surface area contributed by atoms with Crippen LogP contribution < -0.4 is 0 Å². The van der Waals surface area contributed by atoms with Crippen molar-refractivity contribution in [3.05, 3.63) is 0 Å². The van der Waals surface area contributed by atoms with Gasteiger partial charge in [-0.25, -0.2) is 0 Å². The van der Waals surface area contributed by atoms with Gasteiger partial charge in [-0.3, -0.25) is 9.59 Å². The maximum Gasteiger partial charge on any atom is 0.303 e. The fraction of sp³-hybridized carbons (Fsp3) is 0.818. The van der Waals surface area contributed by atoms with Crippen LogP contribution in [0.5, 0.6) is 0 Å². The van der Waals surface area contributed by atoms with Gasteiger partial charge in [0.05, 0.1) is 0 Å². The summed E-state index contributed by atoms with van der Waals surface area (Å²) in [5.41, 5.74) is 0. The highest BCUT2D eigenvalue weighted by atomic mass is 16.5. The van der Waals surface area contributed by atoms with Gasteiger partial charge in [-0.05, 0) is 25.7 Å². The van der Waals surface area contributed by atoms with E-state index in [2.05, 4.69) is 6.92 Å². The van der Waals surface area contributed by atoms with E-state index in [0.717, 1.165) is 25.7 Å². The maximum absolute atomic E-state index is 10.3. The van der Waals surface area contributed by atoms with Gasteiger partial charge < -0.3 is 9.84 Å². The predicted molar refractivity (Wildman–Crippen MR) is 56.6 cm³/mol. The quantitative estimate of drug-likeness (QED) is 0.450. The number of carboxylic acids is 1. The highest BCUT2D eigenvalue weighted by molar-refractivity contribution is 5.66. The van der Waals surface area contributed by atoms with E-state index in [0.29, 0.717) is 19.3 Å². The molecule has 1 atom stereocenters. The van der Waals surface area contributed by atoms with Crippen LogP contribution in [-0.2, 0) is 14.3 Å². The molecule has 0 aliphatic rings. The van der Waals surface area contributed by atoms with Crippen LogP contribution in [0.25, 0.3) is 0 Å². The number of carboxylic acid groups (broad SMARTS) is 1. The molecule has 0 rings (SSSR count). The molecule has 0 spiro atoms. The zero-order valence-electron chi connectivity index (χ0n) is 9.28. The van der Waals surface area contributed by atoms with Crippen LogP contribution in [0.3, 0.4) is 0 Å². The minimum absolute atomic E-state index is 0.103. The van der Waals surface area contributed by atoms with E-state index >= 15 is 0 Å². The molecule has 0 aromatic heterocycles. The first-order chi connectivity index (χ1) is 7.20. The molecule has 0 heterocycles. The van der Waals surface area contributed by atoms with E-state index in [4.69, 9.17) is 9.84 Å². The van der Waals surface area contributed by atoms with Crippen molar-refractivity contribution in [1.29, 1.82) is 0 Å². The Bertz CT molecular complexity index is 179. The molecular weight excluding hydrogens is 196 g/mol. The van der Waals surface area contributed by atoms with Gasteiger partial charge in [0.15, 0.2) is 0 Å². The second kappa shape index (κ2) is 9.49. The molecule has 1 unspecified atom stereocenters. The predicted octanol–water partition coefficient (Wildman–Crippen LogP) is 2.36. The minimum atomic E-state index is -0.798. The molecule has 0 bridgehead atoms. The monoisotopic (exact) mass is 216 g/mol. The molecule has 4 heteroatoms. The van der Waals surface area contributed by atoms with Crippen LogP contribution in [0, 0.1) is 0 Å². The fourth-order valence-electron chi connectivity index (χ4n) is 1.46. The Kier molecular flexibility index (Phi) is 8.82. The molecule has 0 amide bonds. The summed E-state index contributed by atoms with van der Waals surface area (Å²) in [4.78, 5) is 20.5. The summed E-state index contributed by atoms with van der Waals surface area (Å²) in [6.07, 6.45) is 5.38. The number of hydrogen-bond acceptors (Lipinski definition) is 3. The van der Waals surface area contributed by atoms with Crippen molar-refractivity contribution in [3.63, 3.8) is 0 Å². The van der Waals surface area contributed by atoms with Gasteiger partial charge >= 0.3 is 5.97 Å². The van der Waals surface area contributed by atoms with E-state index in [1.54, 1.807) is 0 Å². The molecule has 0 aromatic carbocycles. The molecule has 0 radical (unpaired) electrons. The summed E-state index contributed by atoms with van der Waals surface area (Å²) in [5, 5.41) is 8.46. The number of carbonyl (C=O) groups is 2. The lowest BCUT2D eigenvalue weighted by atomic mass is 10.1. The normalized spacial score (nSPS) is 12.1. The number of carbonyl (C=O) groups excluding carboxylic acids is 1. The van der Waals surface area contributed by atoms with Crippen LogP contribution >= 0.6 is 0 Å². The van der Waals surface area contributed by atoms with Crippen molar-refractivity contribution in [2.45, 2.75) is 58.0 Å². The summed E-state index contributed by atoms with van der Waals surface area (Å²) in [7, 11) is 0. The summed E-state index contributed by atoms with van der Waals surface area (Å²) >= 11 is 0. The molecule has 0 aliphatic carbocycles.